The van der Waals surface area contributed by atoms with Gasteiger partial charge in [0.2, 0.25) is 0 Å². The van der Waals surface area contributed by atoms with E-state index in [1.165, 1.54) is 18.1 Å². The van der Waals surface area contributed by atoms with Crippen LogP contribution in [0.4, 0.5) is 4.79 Å². The lowest BCUT2D eigenvalue weighted by molar-refractivity contribution is -0.137. The Balaban J connectivity index is 2.50. The van der Waals surface area contributed by atoms with Crippen molar-refractivity contribution < 1.29 is 19.4 Å². The minimum absolute atomic E-state index is 0.0351. The summed E-state index contributed by atoms with van der Waals surface area (Å²) >= 11 is 0. The fourth-order valence-corrected chi connectivity index (χ4v) is 3.02. The zero-order chi connectivity index (χ0) is 23.5. The van der Waals surface area contributed by atoms with Crippen LogP contribution in [0.1, 0.15) is 31.9 Å². The fourth-order valence-electron chi connectivity index (χ4n) is 3.02. The van der Waals surface area contributed by atoms with E-state index in [2.05, 4.69) is 0 Å². The van der Waals surface area contributed by atoms with Gasteiger partial charge in [-0.3, -0.25) is 18.7 Å². The molecule has 0 unspecified atom stereocenters. The summed E-state index contributed by atoms with van der Waals surface area (Å²) in [4.78, 5) is 50.7. The van der Waals surface area contributed by atoms with Crippen LogP contribution in [0.2, 0.25) is 0 Å². The minimum Gasteiger partial charge on any atom is -0.480 e. The highest BCUT2D eigenvalue weighted by molar-refractivity contribution is 5.69. The van der Waals surface area contributed by atoms with E-state index >= 15 is 0 Å². The molecule has 0 bridgehead atoms. The van der Waals surface area contributed by atoms with Gasteiger partial charge in [0, 0.05) is 26.3 Å². The highest BCUT2D eigenvalue weighted by Crippen LogP contribution is 2.22. The number of rotatable bonds is 6. The largest absolute Gasteiger partial charge is 0.480 e. The predicted molar refractivity (Wildman–Crippen MR) is 116 cm³/mol. The maximum Gasteiger partial charge on any atom is 0.410 e. The van der Waals surface area contributed by atoms with Gasteiger partial charge >= 0.3 is 17.8 Å². The number of likely N-dealkylation sites (N-methyl/N-ethyl adjacent to an activating group) is 1. The number of aryl methyl sites for hydroxylation is 1. The first-order valence-electron chi connectivity index (χ1n) is 9.88. The Bertz CT molecular complexity index is 1110. The zero-order valence-corrected chi connectivity index (χ0v) is 18.8. The van der Waals surface area contributed by atoms with Gasteiger partial charge in [-0.1, -0.05) is 18.2 Å². The van der Waals surface area contributed by atoms with Crippen molar-refractivity contribution in [2.24, 2.45) is 0 Å². The molecule has 1 heterocycles. The van der Waals surface area contributed by atoms with Crippen LogP contribution in [0, 0.1) is 13.8 Å². The average Bonchev–Trinajstić information content (AvgIpc) is 2.64. The molecule has 1 N–H and O–H groups in total. The molecule has 0 saturated carbocycles. The van der Waals surface area contributed by atoms with E-state index in [-0.39, 0.29) is 18.7 Å². The van der Waals surface area contributed by atoms with E-state index in [0.717, 1.165) is 20.3 Å². The van der Waals surface area contributed by atoms with Gasteiger partial charge in [0.05, 0.1) is 5.56 Å². The van der Waals surface area contributed by atoms with Crippen LogP contribution in [0.5, 0.6) is 0 Å². The Morgan fingerprint density at radius 1 is 1.13 bits per heavy atom. The summed E-state index contributed by atoms with van der Waals surface area (Å²) in [5.74, 6) is -1.20. The van der Waals surface area contributed by atoms with Crippen molar-refractivity contribution in [3.63, 3.8) is 0 Å². The summed E-state index contributed by atoms with van der Waals surface area (Å²) < 4.78 is 7.24. The van der Waals surface area contributed by atoms with Crippen LogP contribution in [0.25, 0.3) is 11.1 Å². The van der Waals surface area contributed by atoms with Crippen molar-refractivity contribution in [3.8, 4) is 11.1 Å². The van der Waals surface area contributed by atoms with Gasteiger partial charge in [0.1, 0.15) is 12.1 Å². The topological polar surface area (TPSA) is 111 Å². The van der Waals surface area contributed by atoms with Crippen LogP contribution in [-0.4, -0.2) is 50.4 Å². The SMILES string of the molecule is Cc1cccc(-c2cn(CC(=O)O)c(=O)n(CCN(C)C(=O)OC(C)(C)C)c2=O)c1C. The molecule has 9 nitrogen and oxygen atoms in total. The van der Waals surface area contributed by atoms with Gasteiger partial charge in [0.25, 0.3) is 5.56 Å². The van der Waals surface area contributed by atoms with Crippen LogP contribution < -0.4 is 11.2 Å². The molecule has 0 radical (unpaired) electrons. The lowest BCUT2D eigenvalue weighted by atomic mass is 9.99. The van der Waals surface area contributed by atoms with Crippen molar-refractivity contribution in [3.05, 3.63) is 56.4 Å². The lowest BCUT2D eigenvalue weighted by Gasteiger charge is -2.24. The summed E-state index contributed by atoms with van der Waals surface area (Å²) in [6, 6.07) is 5.45. The number of carbonyl (C=O) groups excluding carboxylic acids is 1. The molecular weight excluding hydrogens is 402 g/mol. The van der Waals surface area contributed by atoms with E-state index in [4.69, 9.17) is 4.74 Å². The molecule has 0 aliphatic carbocycles. The first-order chi connectivity index (χ1) is 14.3. The monoisotopic (exact) mass is 431 g/mol. The van der Waals surface area contributed by atoms with Crippen LogP contribution in [0.15, 0.2) is 34.0 Å². The number of aliphatic carboxylic acids is 1. The lowest BCUT2D eigenvalue weighted by Crippen LogP contribution is -2.44. The normalized spacial score (nSPS) is 11.3. The molecule has 1 aromatic carbocycles. The molecule has 1 aromatic heterocycles. The van der Waals surface area contributed by atoms with Gasteiger partial charge < -0.3 is 14.7 Å². The maximum atomic E-state index is 13.2. The number of carbonyl (C=O) groups is 2. The first-order valence-corrected chi connectivity index (χ1v) is 9.88. The van der Waals surface area contributed by atoms with E-state index < -0.39 is 35.5 Å². The van der Waals surface area contributed by atoms with Gasteiger partial charge in [-0.15, -0.1) is 0 Å². The van der Waals surface area contributed by atoms with E-state index in [1.807, 2.05) is 19.9 Å². The molecule has 0 atom stereocenters. The Hall–Kier alpha value is -3.36. The number of nitrogens with zero attached hydrogens (tertiary/aromatic N) is 3. The molecule has 9 heteroatoms. The van der Waals surface area contributed by atoms with Crippen LogP contribution in [-0.2, 0) is 22.6 Å². The van der Waals surface area contributed by atoms with Crippen molar-refractivity contribution in [2.45, 2.75) is 53.3 Å². The Kier molecular flexibility index (Phi) is 7.09. The molecule has 0 fully saturated rings. The number of carboxylic acid groups (broad SMARTS) is 1. The number of hydrogen-bond acceptors (Lipinski definition) is 5. The Labute approximate surface area is 180 Å². The highest BCUT2D eigenvalue weighted by Gasteiger charge is 2.21. The smallest absolute Gasteiger partial charge is 0.410 e. The van der Waals surface area contributed by atoms with Crippen molar-refractivity contribution in [2.75, 3.05) is 13.6 Å². The van der Waals surface area contributed by atoms with E-state index in [9.17, 15) is 24.3 Å². The van der Waals surface area contributed by atoms with Crippen LogP contribution in [0.3, 0.4) is 0 Å². The first kappa shape index (κ1) is 23.9. The average molecular weight is 431 g/mol. The highest BCUT2D eigenvalue weighted by atomic mass is 16.6. The minimum atomic E-state index is -1.20. The molecule has 0 spiro atoms. The molecule has 31 heavy (non-hydrogen) atoms. The molecule has 2 aromatic rings. The second kappa shape index (κ2) is 9.20. The van der Waals surface area contributed by atoms with E-state index in [1.54, 1.807) is 32.9 Å². The van der Waals surface area contributed by atoms with Crippen molar-refractivity contribution >= 4 is 12.1 Å². The standard InChI is InChI=1S/C22H29N3O6/c1-14-8-7-9-16(15(14)2)17-12-24(13-18(26)27)20(29)25(19(17)28)11-10-23(6)21(30)31-22(3,4)5/h7-9,12H,10-11,13H2,1-6H3,(H,26,27). The number of ether oxygens (including phenoxy) is 1. The second-order valence-electron chi connectivity index (χ2n) is 8.45. The quantitative estimate of drug-likeness (QED) is 0.751. The fraction of sp³-hybridized carbons (Fsp3) is 0.455. The molecule has 0 saturated heterocycles. The summed E-state index contributed by atoms with van der Waals surface area (Å²) in [6.45, 7) is 8.32. The van der Waals surface area contributed by atoms with Crippen molar-refractivity contribution in [1.82, 2.24) is 14.0 Å². The van der Waals surface area contributed by atoms with Crippen molar-refractivity contribution in [1.29, 1.82) is 0 Å². The second-order valence-corrected chi connectivity index (χ2v) is 8.45. The summed E-state index contributed by atoms with van der Waals surface area (Å²) in [7, 11) is 1.50. The molecular formula is C22H29N3O6. The Morgan fingerprint density at radius 3 is 2.35 bits per heavy atom. The maximum absolute atomic E-state index is 13.2. The third kappa shape index (κ3) is 5.84. The number of aromatic nitrogens is 2. The summed E-state index contributed by atoms with van der Waals surface area (Å²) in [6.07, 6.45) is 0.700. The summed E-state index contributed by atoms with van der Waals surface area (Å²) in [5, 5.41) is 9.19. The van der Waals surface area contributed by atoms with E-state index in [0.29, 0.717) is 5.56 Å². The third-order valence-electron chi connectivity index (χ3n) is 4.80. The van der Waals surface area contributed by atoms with Gasteiger partial charge in [-0.2, -0.15) is 0 Å². The van der Waals surface area contributed by atoms with Gasteiger partial charge in [0.15, 0.2) is 0 Å². The van der Waals surface area contributed by atoms with Gasteiger partial charge in [-0.05, 0) is 51.3 Å². The number of carboxylic acids is 1. The zero-order valence-electron chi connectivity index (χ0n) is 18.8. The van der Waals surface area contributed by atoms with Crippen LogP contribution >= 0.6 is 0 Å². The molecule has 1 amide bonds. The number of amides is 1. The molecule has 0 aliphatic rings. The summed E-state index contributed by atoms with van der Waals surface area (Å²) in [5.41, 5.74) is 0.692. The molecule has 0 aliphatic heterocycles. The molecule has 168 valence electrons. The number of benzene rings is 1. The third-order valence-corrected chi connectivity index (χ3v) is 4.80. The molecule has 2 rings (SSSR count). The predicted octanol–water partition coefficient (Wildman–Crippen LogP) is 2.25. The van der Waals surface area contributed by atoms with Gasteiger partial charge in [-0.25, -0.2) is 9.59 Å². The Morgan fingerprint density at radius 2 is 1.77 bits per heavy atom. The number of hydrogen-bond donors (Lipinski definition) is 1.